The van der Waals surface area contributed by atoms with E-state index in [1.54, 1.807) is 13.0 Å². The van der Waals surface area contributed by atoms with Gasteiger partial charge in [-0.05, 0) is 36.8 Å². The number of nitrogens with one attached hydrogen (secondary N) is 1. The first kappa shape index (κ1) is 21.0. The molecule has 0 aliphatic heterocycles. The molecule has 0 aliphatic carbocycles. The molecule has 152 valence electrons. The van der Waals surface area contributed by atoms with Crippen LogP contribution in [0.15, 0.2) is 41.3 Å². The highest BCUT2D eigenvalue weighted by Crippen LogP contribution is 2.33. The molecule has 29 heavy (non-hydrogen) atoms. The zero-order chi connectivity index (χ0) is 21.2. The first-order chi connectivity index (χ1) is 13.6. The lowest BCUT2D eigenvalue weighted by Gasteiger charge is -2.09. The maximum atomic E-state index is 12.9. The zero-order valence-electron chi connectivity index (χ0n) is 15.0. The minimum atomic E-state index is -4.46. The van der Waals surface area contributed by atoms with Gasteiger partial charge in [0.1, 0.15) is 6.54 Å². The van der Waals surface area contributed by atoms with Crippen LogP contribution in [0.1, 0.15) is 21.7 Å². The van der Waals surface area contributed by atoms with Gasteiger partial charge in [-0.25, -0.2) is 9.67 Å². The van der Waals surface area contributed by atoms with E-state index >= 15 is 0 Å². The largest absolute Gasteiger partial charge is 0.416 e. The first-order valence-electron chi connectivity index (χ1n) is 8.27. The summed E-state index contributed by atoms with van der Waals surface area (Å²) in [6, 6.07) is 5.98. The number of anilines is 1. The van der Waals surface area contributed by atoms with Gasteiger partial charge in [0.2, 0.25) is 5.91 Å². The number of amides is 1. The van der Waals surface area contributed by atoms with Gasteiger partial charge >= 0.3 is 6.18 Å². The van der Waals surface area contributed by atoms with Crippen molar-refractivity contribution in [3.8, 4) is 0 Å². The number of halogens is 4. The zero-order valence-corrected chi connectivity index (χ0v) is 16.5. The summed E-state index contributed by atoms with van der Waals surface area (Å²) in [7, 11) is 0. The second kappa shape index (κ2) is 8.34. The lowest BCUT2D eigenvalue weighted by Crippen LogP contribution is -2.29. The molecule has 0 atom stereocenters. The van der Waals surface area contributed by atoms with Gasteiger partial charge in [-0.15, -0.1) is 11.3 Å². The third-order valence-electron chi connectivity index (χ3n) is 3.83. The van der Waals surface area contributed by atoms with Crippen LogP contribution in [0, 0.1) is 6.92 Å². The summed E-state index contributed by atoms with van der Waals surface area (Å²) in [5.41, 5.74) is -0.304. The molecule has 0 fully saturated rings. The number of hydrogen-bond acceptors (Lipinski definition) is 5. The fourth-order valence-corrected chi connectivity index (χ4v) is 3.52. The fraction of sp³-hybridized carbons (Fsp3) is 0.222. The second-order valence-corrected chi connectivity index (χ2v) is 7.65. The van der Waals surface area contributed by atoms with Crippen LogP contribution in [0.4, 0.5) is 18.3 Å². The number of rotatable bonds is 5. The number of alkyl halides is 3. The summed E-state index contributed by atoms with van der Waals surface area (Å²) in [4.78, 5) is 28.5. The number of aryl methyl sites for hydroxylation is 1. The van der Waals surface area contributed by atoms with Crippen LogP contribution >= 0.6 is 22.9 Å². The smallest absolute Gasteiger partial charge is 0.300 e. The molecule has 0 unspecified atom stereocenters. The fourth-order valence-electron chi connectivity index (χ4n) is 2.48. The highest BCUT2D eigenvalue weighted by atomic mass is 35.5. The number of hydrogen-bond donors (Lipinski definition) is 1. The van der Waals surface area contributed by atoms with E-state index < -0.39 is 23.2 Å². The molecule has 1 aromatic carbocycles. The summed E-state index contributed by atoms with van der Waals surface area (Å²) < 4.78 is 39.7. The van der Waals surface area contributed by atoms with Crippen molar-refractivity contribution >= 4 is 34.0 Å². The summed E-state index contributed by atoms with van der Waals surface area (Å²) in [5, 5.41) is 6.99. The van der Waals surface area contributed by atoms with Crippen molar-refractivity contribution in [1.82, 2.24) is 14.8 Å². The van der Waals surface area contributed by atoms with Crippen LogP contribution in [0.5, 0.6) is 0 Å². The first-order valence-corrected chi connectivity index (χ1v) is 9.46. The molecule has 2 heterocycles. The summed E-state index contributed by atoms with van der Waals surface area (Å²) in [6.45, 7) is 1.41. The predicted octanol–water partition coefficient (Wildman–Crippen LogP) is 3.91. The van der Waals surface area contributed by atoms with E-state index in [0.717, 1.165) is 28.2 Å². The van der Waals surface area contributed by atoms with Gasteiger partial charge in [0.25, 0.3) is 5.56 Å². The number of carbonyl (C=O) groups is 1. The van der Waals surface area contributed by atoms with Crippen LogP contribution in [0.2, 0.25) is 5.02 Å². The van der Waals surface area contributed by atoms with Gasteiger partial charge in [0.15, 0.2) is 5.13 Å². The lowest BCUT2D eigenvalue weighted by molar-refractivity contribution is -0.137. The molecule has 3 rings (SSSR count). The van der Waals surface area contributed by atoms with Gasteiger partial charge in [0, 0.05) is 28.6 Å². The van der Waals surface area contributed by atoms with E-state index in [4.69, 9.17) is 11.6 Å². The van der Waals surface area contributed by atoms with Crippen LogP contribution in [0.3, 0.4) is 0 Å². The molecule has 0 radical (unpaired) electrons. The normalized spacial score (nSPS) is 11.5. The Bertz CT molecular complexity index is 1110. The topological polar surface area (TPSA) is 76.9 Å². The molecule has 1 N–H and O–H groups in total. The van der Waals surface area contributed by atoms with Crippen molar-refractivity contribution in [2.45, 2.75) is 26.1 Å². The number of thiazole rings is 1. The number of nitrogens with zero attached hydrogens (tertiary/aromatic N) is 3. The standard InChI is InChI=1S/C18H14ClF3N4O2S/c1-10-2-5-16(28)26(25-10)9-15(27)24-17-23-8-13(29-17)7-11-6-12(18(20,21)22)3-4-14(11)19/h2-6,8H,7,9H2,1H3,(H,23,24,27). The Morgan fingerprint density at radius 3 is 2.76 bits per heavy atom. The molecule has 6 nitrogen and oxygen atoms in total. The highest BCUT2D eigenvalue weighted by molar-refractivity contribution is 7.15. The summed E-state index contributed by atoms with van der Waals surface area (Å²) >= 11 is 7.12. The molecule has 3 aromatic rings. The molecule has 1 amide bonds. The second-order valence-electron chi connectivity index (χ2n) is 6.13. The quantitative estimate of drug-likeness (QED) is 0.650. The third-order valence-corrected chi connectivity index (χ3v) is 5.11. The van der Waals surface area contributed by atoms with Crippen LogP contribution in [-0.2, 0) is 23.9 Å². The number of aromatic nitrogens is 3. The van der Waals surface area contributed by atoms with Crippen molar-refractivity contribution < 1.29 is 18.0 Å². The van der Waals surface area contributed by atoms with Gasteiger partial charge in [0.05, 0.1) is 11.3 Å². The highest BCUT2D eigenvalue weighted by Gasteiger charge is 2.30. The van der Waals surface area contributed by atoms with Crippen molar-refractivity contribution in [2.75, 3.05) is 5.32 Å². The molecule has 0 saturated heterocycles. The lowest BCUT2D eigenvalue weighted by atomic mass is 10.1. The molecule has 0 saturated carbocycles. The molecule has 2 aromatic heterocycles. The van der Waals surface area contributed by atoms with Gasteiger partial charge < -0.3 is 5.32 Å². The monoisotopic (exact) mass is 442 g/mol. The van der Waals surface area contributed by atoms with E-state index in [0.29, 0.717) is 16.1 Å². The molecule has 0 spiro atoms. The van der Waals surface area contributed by atoms with Crippen molar-refractivity contribution in [3.05, 3.63) is 73.6 Å². The SMILES string of the molecule is Cc1ccc(=O)n(CC(=O)Nc2ncc(Cc3cc(C(F)(F)F)ccc3Cl)s2)n1. The van der Waals surface area contributed by atoms with Crippen molar-refractivity contribution in [1.29, 1.82) is 0 Å². The van der Waals surface area contributed by atoms with Crippen molar-refractivity contribution in [3.63, 3.8) is 0 Å². The molecular weight excluding hydrogens is 429 g/mol. The Kier molecular flexibility index (Phi) is 6.04. The van der Waals surface area contributed by atoms with Gasteiger partial charge in [-0.3, -0.25) is 9.59 Å². The van der Waals surface area contributed by atoms with Crippen LogP contribution in [-0.4, -0.2) is 20.7 Å². The molecule has 0 aliphatic rings. The van der Waals surface area contributed by atoms with E-state index in [9.17, 15) is 22.8 Å². The number of benzene rings is 1. The summed E-state index contributed by atoms with van der Waals surface area (Å²) in [6.07, 6.45) is -2.88. The molecular formula is C18H14ClF3N4O2S. The average Bonchev–Trinajstić information content (AvgIpc) is 3.06. The van der Waals surface area contributed by atoms with E-state index in [1.807, 2.05) is 0 Å². The van der Waals surface area contributed by atoms with E-state index in [1.165, 1.54) is 18.3 Å². The van der Waals surface area contributed by atoms with E-state index in [-0.39, 0.29) is 23.1 Å². The number of carbonyl (C=O) groups excluding carboxylic acids is 1. The predicted molar refractivity (Wildman–Crippen MR) is 103 cm³/mol. The average molecular weight is 443 g/mol. The maximum absolute atomic E-state index is 12.9. The minimum Gasteiger partial charge on any atom is -0.300 e. The Labute approximate surface area is 172 Å². The Morgan fingerprint density at radius 1 is 1.28 bits per heavy atom. The third kappa shape index (κ3) is 5.42. The Hall–Kier alpha value is -2.72. The van der Waals surface area contributed by atoms with Crippen LogP contribution in [0.25, 0.3) is 0 Å². The van der Waals surface area contributed by atoms with Crippen LogP contribution < -0.4 is 10.9 Å². The molecule has 0 bridgehead atoms. The van der Waals surface area contributed by atoms with E-state index in [2.05, 4.69) is 15.4 Å². The van der Waals surface area contributed by atoms with Gasteiger partial charge in [-0.1, -0.05) is 11.6 Å². The summed E-state index contributed by atoms with van der Waals surface area (Å²) in [5.74, 6) is -0.497. The maximum Gasteiger partial charge on any atom is 0.416 e. The minimum absolute atomic E-state index is 0.134. The van der Waals surface area contributed by atoms with Crippen molar-refractivity contribution in [2.24, 2.45) is 0 Å². The molecule has 11 heteroatoms. The Morgan fingerprint density at radius 2 is 2.03 bits per heavy atom. The van der Waals surface area contributed by atoms with Gasteiger partial charge in [-0.2, -0.15) is 18.3 Å². The Balaban J connectivity index is 1.69.